The maximum atomic E-state index is 12.8. The molecule has 0 unspecified atom stereocenters. The Hall–Kier alpha value is -2.00. The highest BCUT2D eigenvalue weighted by atomic mass is 35.5. The molecule has 1 aliphatic heterocycles. The summed E-state index contributed by atoms with van der Waals surface area (Å²) in [5.41, 5.74) is 1.37. The van der Waals surface area contributed by atoms with Crippen molar-refractivity contribution in [2.45, 2.75) is 18.4 Å². The summed E-state index contributed by atoms with van der Waals surface area (Å²) in [6.07, 6.45) is 0. The van der Waals surface area contributed by atoms with Gasteiger partial charge in [-0.1, -0.05) is 29.8 Å². The van der Waals surface area contributed by atoms with Gasteiger partial charge >= 0.3 is 0 Å². The van der Waals surface area contributed by atoms with Gasteiger partial charge in [-0.15, -0.1) is 0 Å². The molecule has 2 aromatic rings. The van der Waals surface area contributed by atoms with Gasteiger partial charge in [-0.2, -0.15) is 4.31 Å². The van der Waals surface area contributed by atoms with E-state index in [-0.39, 0.29) is 10.6 Å². The number of rotatable bonds is 5. The second-order valence-electron chi connectivity index (χ2n) is 6.51. The smallest absolute Gasteiger partial charge is 0.273 e. The van der Waals surface area contributed by atoms with Crippen LogP contribution in [0.15, 0.2) is 47.4 Å². The quantitative estimate of drug-likeness (QED) is 0.559. The van der Waals surface area contributed by atoms with E-state index in [1.165, 1.54) is 16.4 Å². The lowest BCUT2D eigenvalue weighted by Gasteiger charge is -2.34. The second kappa shape index (κ2) is 7.93. The Labute approximate surface area is 163 Å². The Morgan fingerprint density at radius 1 is 1.07 bits per heavy atom. The monoisotopic (exact) mass is 409 g/mol. The Balaban J connectivity index is 1.68. The molecule has 0 saturated carbocycles. The molecule has 0 aromatic heterocycles. The third kappa shape index (κ3) is 4.47. The summed E-state index contributed by atoms with van der Waals surface area (Å²) in [7, 11) is -3.75. The summed E-state index contributed by atoms with van der Waals surface area (Å²) in [6, 6.07) is 11.6. The first-order chi connectivity index (χ1) is 12.8. The average molecular weight is 410 g/mol. The molecular weight excluding hydrogens is 390 g/mol. The zero-order valence-corrected chi connectivity index (χ0v) is 16.4. The van der Waals surface area contributed by atoms with Gasteiger partial charge in [-0.3, -0.25) is 15.0 Å². The molecule has 0 aliphatic carbocycles. The van der Waals surface area contributed by atoms with Crippen molar-refractivity contribution < 1.29 is 13.3 Å². The van der Waals surface area contributed by atoms with Crippen LogP contribution in [0.25, 0.3) is 0 Å². The lowest BCUT2D eigenvalue weighted by atomic mass is 10.2. The number of benzene rings is 2. The van der Waals surface area contributed by atoms with Gasteiger partial charge in [0.25, 0.3) is 5.69 Å². The molecule has 0 amide bonds. The molecule has 3 rings (SSSR count). The first-order valence-electron chi connectivity index (χ1n) is 8.49. The number of halogens is 1. The van der Waals surface area contributed by atoms with Crippen molar-refractivity contribution in [3.8, 4) is 0 Å². The third-order valence-corrected chi connectivity index (χ3v) is 6.81. The van der Waals surface area contributed by atoms with Gasteiger partial charge in [-0.25, -0.2) is 8.42 Å². The number of hydrogen-bond acceptors (Lipinski definition) is 5. The van der Waals surface area contributed by atoms with Crippen LogP contribution in [0, 0.1) is 17.0 Å². The summed E-state index contributed by atoms with van der Waals surface area (Å²) in [5.74, 6) is 0. The Morgan fingerprint density at radius 2 is 1.70 bits per heavy atom. The van der Waals surface area contributed by atoms with Crippen LogP contribution in [-0.2, 0) is 16.6 Å². The van der Waals surface area contributed by atoms with E-state index < -0.39 is 14.9 Å². The maximum absolute atomic E-state index is 12.8. The molecule has 1 fully saturated rings. The van der Waals surface area contributed by atoms with Gasteiger partial charge in [0, 0.05) is 49.4 Å². The highest BCUT2D eigenvalue weighted by molar-refractivity contribution is 7.89. The van der Waals surface area contributed by atoms with E-state index in [4.69, 9.17) is 11.6 Å². The molecule has 1 aliphatic rings. The fraction of sp³-hybridized carbons (Fsp3) is 0.333. The average Bonchev–Trinajstić information content (AvgIpc) is 2.64. The van der Waals surface area contributed by atoms with Crippen LogP contribution in [0.4, 0.5) is 5.69 Å². The van der Waals surface area contributed by atoms with E-state index in [0.717, 1.165) is 18.2 Å². The van der Waals surface area contributed by atoms with Crippen LogP contribution < -0.4 is 0 Å². The minimum atomic E-state index is -3.75. The largest absolute Gasteiger partial charge is 0.296 e. The highest BCUT2D eigenvalue weighted by Crippen LogP contribution is 2.25. The maximum Gasteiger partial charge on any atom is 0.273 e. The predicted octanol–water partition coefficient (Wildman–Crippen LogP) is 3.06. The first-order valence-corrected chi connectivity index (χ1v) is 10.3. The molecule has 9 heteroatoms. The number of aryl methyl sites for hydroxylation is 1. The van der Waals surface area contributed by atoms with Crippen LogP contribution >= 0.6 is 11.6 Å². The number of nitro groups is 1. The molecule has 2 aromatic carbocycles. The number of nitro benzene ring substituents is 1. The number of nitrogens with zero attached hydrogens (tertiary/aromatic N) is 3. The zero-order chi connectivity index (χ0) is 19.6. The second-order valence-corrected chi connectivity index (χ2v) is 8.89. The minimum Gasteiger partial charge on any atom is -0.296 e. The van der Waals surface area contributed by atoms with Crippen LogP contribution in [0.1, 0.15) is 11.1 Å². The predicted molar refractivity (Wildman–Crippen MR) is 103 cm³/mol. The van der Waals surface area contributed by atoms with Gasteiger partial charge in [0.05, 0.1) is 9.82 Å². The molecule has 0 N–H and O–H groups in total. The molecule has 7 nitrogen and oxygen atoms in total. The van der Waals surface area contributed by atoms with Gasteiger partial charge < -0.3 is 0 Å². The van der Waals surface area contributed by atoms with Crippen molar-refractivity contribution >= 4 is 27.3 Å². The third-order valence-electron chi connectivity index (χ3n) is 4.67. The molecule has 144 valence electrons. The molecule has 0 bridgehead atoms. The number of sulfonamides is 1. The summed E-state index contributed by atoms with van der Waals surface area (Å²) >= 11 is 5.89. The number of hydrogen-bond donors (Lipinski definition) is 0. The summed E-state index contributed by atoms with van der Waals surface area (Å²) in [4.78, 5) is 12.7. The molecule has 0 spiro atoms. The van der Waals surface area contributed by atoms with Crippen molar-refractivity contribution in [2.75, 3.05) is 26.2 Å². The molecule has 27 heavy (non-hydrogen) atoms. The van der Waals surface area contributed by atoms with Gasteiger partial charge in [0.1, 0.15) is 0 Å². The first kappa shape index (κ1) is 19.8. The van der Waals surface area contributed by atoms with E-state index in [0.29, 0.717) is 36.8 Å². The fourth-order valence-corrected chi connectivity index (χ4v) is 4.64. The van der Waals surface area contributed by atoms with Crippen LogP contribution in [0.3, 0.4) is 0 Å². The summed E-state index contributed by atoms with van der Waals surface area (Å²) in [5, 5.41) is 11.8. The summed E-state index contributed by atoms with van der Waals surface area (Å²) < 4.78 is 27.1. The van der Waals surface area contributed by atoms with E-state index >= 15 is 0 Å². The van der Waals surface area contributed by atoms with Crippen LogP contribution in [-0.4, -0.2) is 48.7 Å². The van der Waals surface area contributed by atoms with Gasteiger partial charge in [-0.05, 0) is 30.7 Å². The molecule has 0 radical (unpaired) electrons. The van der Waals surface area contributed by atoms with Gasteiger partial charge in [0.15, 0.2) is 0 Å². The van der Waals surface area contributed by atoms with Gasteiger partial charge in [0.2, 0.25) is 10.0 Å². The van der Waals surface area contributed by atoms with E-state index in [1.54, 1.807) is 6.92 Å². The highest BCUT2D eigenvalue weighted by Gasteiger charge is 2.30. The molecule has 1 heterocycles. The lowest BCUT2D eigenvalue weighted by molar-refractivity contribution is -0.385. The topological polar surface area (TPSA) is 83.8 Å². The van der Waals surface area contributed by atoms with E-state index in [2.05, 4.69) is 4.90 Å². The Morgan fingerprint density at radius 3 is 2.30 bits per heavy atom. The minimum absolute atomic E-state index is 0.0362. The number of piperazine rings is 1. The molecule has 1 saturated heterocycles. The summed E-state index contributed by atoms with van der Waals surface area (Å²) in [6.45, 7) is 4.19. The SMILES string of the molecule is Cc1ccc(S(=O)(=O)N2CCN(Cc3ccc(Cl)cc3)CC2)cc1[N+](=O)[O-]. The van der Waals surface area contributed by atoms with Crippen molar-refractivity contribution in [3.05, 3.63) is 68.7 Å². The molecule has 0 atom stereocenters. The molecular formula is C18H20ClN3O4S. The van der Waals surface area contributed by atoms with E-state index in [9.17, 15) is 18.5 Å². The Kier molecular flexibility index (Phi) is 5.81. The normalized spacial score (nSPS) is 16.4. The van der Waals surface area contributed by atoms with Crippen molar-refractivity contribution in [1.29, 1.82) is 0 Å². The van der Waals surface area contributed by atoms with Crippen LogP contribution in [0.5, 0.6) is 0 Å². The van der Waals surface area contributed by atoms with E-state index in [1.807, 2.05) is 24.3 Å². The zero-order valence-electron chi connectivity index (χ0n) is 14.8. The van der Waals surface area contributed by atoms with Crippen molar-refractivity contribution in [3.63, 3.8) is 0 Å². The lowest BCUT2D eigenvalue weighted by Crippen LogP contribution is -2.48. The van der Waals surface area contributed by atoms with Crippen molar-refractivity contribution in [2.24, 2.45) is 0 Å². The van der Waals surface area contributed by atoms with Crippen molar-refractivity contribution in [1.82, 2.24) is 9.21 Å². The standard InChI is InChI=1S/C18H20ClN3O4S/c1-14-2-7-17(12-18(14)22(23)24)27(25,26)21-10-8-20(9-11-21)13-15-3-5-16(19)6-4-15/h2-7,12H,8-11,13H2,1H3. The Bertz CT molecular complexity index is 940. The fourth-order valence-electron chi connectivity index (χ4n) is 3.07. The van der Waals surface area contributed by atoms with Crippen LogP contribution in [0.2, 0.25) is 5.02 Å².